The highest BCUT2D eigenvalue weighted by atomic mass is 79.9. The summed E-state index contributed by atoms with van der Waals surface area (Å²) in [4.78, 5) is 11.9. The van der Waals surface area contributed by atoms with Crippen molar-refractivity contribution in [3.05, 3.63) is 52.5 Å². The highest BCUT2D eigenvalue weighted by molar-refractivity contribution is 9.10. The highest BCUT2D eigenvalue weighted by Gasteiger charge is 2.06. The van der Waals surface area contributed by atoms with Gasteiger partial charge in [0.1, 0.15) is 11.5 Å². The van der Waals surface area contributed by atoms with Crippen molar-refractivity contribution in [3.8, 4) is 11.5 Å². The predicted molar refractivity (Wildman–Crippen MR) is 86.0 cm³/mol. The third-order valence-corrected chi connectivity index (χ3v) is 3.48. The highest BCUT2D eigenvalue weighted by Crippen LogP contribution is 2.23. The maximum atomic E-state index is 11.9. The van der Waals surface area contributed by atoms with E-state index in [0.717, 1.165) is 21.5 Å². The average molecular weight is 350 g/mol. The first-order valence-corrected chi connectivity index (χ1v) is 7.20. The van der Waals surface area contributed by atoms with Crippen LogP contribution >= 0.6 is 15.9 Å². The molecule has 0 aromatic heterocycles. The average Bonchev–Trinajstić information content (AvgIpc) is 2.48. The Hall–Kier alpha value is -2.01. The Morgan fingerprint density at radius 3 is 2.43 bits per heavy atom. The fourth-order valence-electron chi connectivity index (χ4n) is 1.73. The van der Waals surface area contributed by atoms with Crippen LogP contribution in [0.5, 0.6) is 11.5 Å². The molecule has 1 N–H and O–H groups in total. The third-order valence-electron chi connectivity index (χ3n) is 2.83. The molecule has 0 aliphatic carbocycles. The Labute approximate surface area is 132 Å². The predicted octanol–water partition coefficient (Wildman–Crippen LogP) is 3.78. The monoisotopic (exact) mass is 349 g/mol. The topological polar surface area (TPSA) is 47.6 Å². The minimum Gasteiger partial charge on any atom is -0.497 e. The largest absolute Gasteiger partial charge is 0.497 e. The van der Waals surface area contributed by atoms with Gasteiger partial charge in [0.15, 0.2) is 6.61 Å². The molecule has 2 aromatic carbocycles. The first-order valence-electron chi connectivity index (χ1n) is 6.41. The van der Waals surface area contributed by atoms with Crippen molar-refractivity contribution >= 4 is 27.5 Å². The normalized spacial score (nSPS) is 10.0. The molecule has 0 saturated heterocycles. The van der Waals surface area contributed by atoms with Crippen LogP contribution in [0, 0.1) is 6.92 Å². The van der Waals surface area contributed by atoms with Crippen LogP contribution in [0.25, 0.3) is 0 Å². The molecule has 0 atom stereocenters. The maximum Gasteiger partial charge on any atom is 0.262 e. The molecule has 0 aliphatic rings. The van der Waals surface area contributed by atoms with E-state index in [-0.39, 0.29) is 12.5 Å². The zero-order chi connectivity index (χ0) is 15.2. The van der Waals surface area contributed by atoms with Crippen molar-refractivity contribution in [1.82, 2.24) is 0 Å². The number of aryl methyl sites for hydroxylation is 1. The zero-order valence-corrected chi connectivity index (χ0v) is 13.4. The third kappa shape index (κ3) is 4.49. The summed E-state index contributed by atoms with van der Waals surface area (Å²) in [5.41, 5.74) is 1.85. The standard InChI is InChI=1S/C16H16BrNO3/c1-11-3-8-15(14(17)9-11)18-16(19)10-21-13-6-4-12(20-2)5-7-13/h3-9H,10H2,1-2H3,(H,18,19). The lowest BCUT2D eigenvalue weighted by Gasteiger charge is -2.09. The molecule has 110 valence electrons. The van der Waals surface area contributed by atoms with Gasteiger partial charge >= 0.3 is 0 Å². The number of hydrogen-bond acceptors (Lipinski definition) is 3. The number of anilines is 1. The van der Waals surface area contributed by atoms with Gasteiger partial charge in [0.05, 0.1) is 12.8 Å². The fraction of sp³-hybridized carbons (Fsp3) is 0.188. The minimum atomic E-state index is -0.213. The van der Waals surface area contributed by atoms with E-state index >= 15 is 0 Å². The van der Waals surface area contributed by atoms with E-state index in [9.17, 15) is 4.79 Å². The van der Waals surface area contributed by atoms with E-state index in [0.29, 0.717) is 5.75 Å². The molecule has 0 bridgehead atoms. The van der Waals surface area contributed by atoms with Gasteiger partial charge in [0, 0.05) is 4.47 Å². The summed E-state index contributed by atoms with van der Waals surface area (Å²) in [7, 11) is 1.60. The number of nitrogens with one attached hydrogen (secondary N) is 1. The minimum absolute atomic E-state index is 0.0490. The number of benzene rings is 2. The van der Waals surface area contributed by atoms with Crippen molar-refractivity contribution in [2.75, 3.05) is 19.0 Å². The molecule has 2 rings (SSSR count). The van der Waals surface area contributed by atoms with Crippen molar-refractivity contribution < 1.29 is 14.3 Å². The Morgan fingerprint density at radius 2 is 1.81 bits per heavy atom. The van der Waals surface area contributed by atoms with Crippen LogP contribution in [0.4, 0.5) is 5.69 Å². The van der Waals surface area contributed by atoms with Gasteiger partial charge in [-0.3, -0.25) is 4.79 Å². The molecule has 0 aliphatic heterocycles. The lowest BCUT2D eigenvalue weighted by molar-refractivity contribution is -0.118. The zero-order valence-electron chi connectivity index (χ0n) is 11.9. The second-order valence-electron chi connectivity index (χ2n) is 4.50. The van der Waals surface area contributed by atoms with Gasteiger partial charge in [-0.05, 0) is 64.8 Å². The summed E-state index contributed by atoms with van der Waals surface area (Å²) in [5.74, 6) is 1.15. The molecule has 0 unspecified atom stereocenters. The van der Waals surface area contributed by atoms with Gasteiger partial charge < -0.3 is 14.8 Å². The lowest BCUT2D eigenvalue weighted by Crippen LogP contribution is -2.20. The Bertz CT molecular complexity index is 626. The van der Waals surface area contributed by atoms with E-state index < -0.39 is 0 Å². The molecule has 0 radical (unpaired) electrons. The smallest absolute Gasteiger partial charge is 0.262 e. The number of amides is 1. The van der Waals surface area contributed by atoms with Gasteiger partial charge in [0.2, 0.25) is 0 Å². The van der Waals surface area contributed by atoms with E-state index in [2.05, 4.69) is 21.2 Å². The Morgan fingerprint density at radius 1 is 1.14 bits per heavy atom. The molecule has 5 heteroatoms. The van der Waals surface area contributed by atoms with Crippen molar-refractivity contribution in [3.63, 3.8) is 0 Å². The second-order valence-corrected chi connectivity index (χ2v) is 5.35. The van der Waals surface area contributed by atoms with E-state index in [1.165, 1.54) is 0 Å². The van der Waals surface area contributed by atoms with Gasteiger partial charge in [0.25, 0.3) is 5.91 Å². The number of carbonyl (C=O) groups excluding carboxylic acids is 1. The maximum absolute atomic E-state index is 11.9. The summed E-state index contributed by atoms with van der Waals surface area (Å²) in [5, 5.41) is 2.79. The Balaban J connectivity index is 1.89. The molecule has 0 spiro atoms. The number of halogens is 1. The van der Waals surface area contributed by atoms with Gasteiger partial charge in [-0.2, -0.15) is 0 Å². The van der Waals surface area contributed by atoms with Gasteiger partial charge in [-0.1, -0.05) is 6.07 Å². The van der Waals surface area contributed by atoms with E-state index in [1.54, 1.807) is 31.4 Å². The van der Waals surface area contributed by atoms with Crippen LogP contribution in [0.2, 0.25) is 0 Å². The summed E-state index contributed by atoms with van der Waals surface area (Å²) in [6.07, 6.45) is 0. The summed E-state index contributed by atoms with van der Waals surface area (Å²) >= 11 is 3.42. The van der Waals surface area contributed by atoms with Crippen LogP contribution in [0.15, 0.2) is 46.9 Å². The second kappa shape index (κ2) is 7.13. The van der Waals surface area contributed by atoms with Crippen molar-refractivity contribution in [1.29, 1.82) is 0 Å². The van der Waals surface area contributed by atoms with Crippen LogP contribution < -0.4 is 14.8 Å². The number of carbonyl (C=O) groups is 1. The first kappa shape index (κ1) is 15.4. The number of methoxy groups -OCH3 is 1. The van der Waals surface area contributed by atoms with E-state index in [1.807, 2.05) is 25.1 Å². The van der Waals surface area contributed by atoms with Crippen molar-refractivity contribution in [2.24, 2.45) is 0 Å². The number of ether oxygens (including phenoxy) is 2. The van der Waals surface area contributed by atoms with Gasteiger partial charge in [-0.25, -0.2) is 0 Å². The quantitative estimate of drug-likeness (QED) is 0.893. The SMILES string of the molecule is COc1ccc(OCC(=O)Nc2ccc(C)cc2Br)cc1. The van der Waals surface area contributed by atoms with Crippen LogP contribution in [0.1, 0.15) is 5.56 Å². The van der Waals surface area contributed by atoms with Crippen LogP contribution in [-0.4, -0.2) is 19.6 Å². The molecule has 1 amide bonds. The summed E-state index contributed by atoms with van der Waals surface area (Å²) in [6.45, 7) is 1.94. The van der Waals surface area contributed by atoms with Crippen LogP contribution in [0.3, 0.4) is 0 Å². The number of hydrogen-bond donors (Lipinski definition) is 1. The summed E-state index contributed by atoms with van der Waals surface area (Å²) in [6, 6.07) is 12.8. The Kier molecular flexibility index (Phi) is 5.22. The molecule has 0 saturated carbocycles. The van der Waals surface area contributed by atoms with Crippen LogP contribution in [-0.2, 0) is 4.79 Å². The summed E-state index contributed by atoms with van der Waals surface area (Å²) < 4.78 is 11.3. The molecule has 0 heterocycles. The molecule has 2 aromatic rings. The molecule has 4 nitrogen and oxygen atoms in total. The van der Waals surface area contributed by atoms with E-state index in [4.69, 9.17) is 9.47 Å². The van der Waals surface area contributed by atoms with Gasteiger partial charge in [-0.15, -0.1) is 0 Å². The molecular weight excluding hydrogens is 334 g/mol. The number of rotatable bonds is 5. The molecule has 21 heavy (non-hydrogen) atoms. The van der Waals surface area contributed by atoms with Crippen molar-refractivity contribution in [2.45, 2.75) is 6.92 Å². The molecular formula is C16H16BrNO3. The first-order chi connectivity index (χ1) is 10.1. The lowest BCUT2D eigenvalue weighted by atomic mass is 10.2. The fourth-order valence-corrected chi connectivity index (χ4v) is 2.32. The molecule has 0 fully saturated rings.